The summed E-state index contributed by atoms with van der Waals surface area (Å²) >= 11 is 3.47. The van der Waals surface area contributed by atoms with Crippen LogP contribution in [0.25, 0.3) is 11.6 Å². The number of rotatable bonds is 0. The van der Waals surface area contributed by atoms with Crippen LogP contribution in [-0.4, -0.2) is 0 Å². The Morgan fingerprint density at radius 1 is 1.38 bits per heavy atom. The van der Waals surface area contributed by atoms with Crippen LogP contribution in [0.2, 0.25) is 0 Å². The van der Waals surface area contributed by atoms with Crippen molar-refractivity contribution in [1.82, 2.24) is 0 Å². The van der Waals surface area contributed by atoms with E-state index in [0.29, 0.717) is 0 Å². The number of hydrogen-bond donors (Lipinski definition) is 0. The molecule has 2 aliphatic rings. The van der Waals surface area contributed by atoms with Gasteiger partial charge in [0.1, 0.15) is 11.7 Å². The minimum absolute atomic E-state index is 0.981. The molecule has 64 valence electrons. The predicted molar refractivity (Wildman–Crippen MR) is 55.4 cm³/mol. The molecule has 0 aromatic carbocycles. The molecule has 0 N–H and O–H groups in total. The third-order valence-electron chi connectivity index (χ3n) is 2.44. The van der Waals surface area contributed by atoms with Gasteiger partial charge in [0.25, 0.3) is 0 Å². The summed E-state index contributed by atoms with van der Waals surface area (Å²) in [6.07, 6.45) is 11.3. The molecular weight excluding hydrogens is 228 g/mol. The maximum Gasteiger partial charge on any atom is 0.139 e. The van der Waals surface area contributed by atoms with Crippen molar-refractivity contribution in [3.63, 3.8) is 0 Å². The van der Waals surface area contributed by atoms with E-state index in [-0.39, 0.29) is 0 Å². The fourth-order valence-electron chi connectivity index (χ4n) is 1.80. The molecule has 0 bridgehead atoms. The predicted octanol–water partition coefficient (Wildman–Crippen LogP) is 1.87. The van der Waals surface area contributed by atoms with Gasteiger partial charge in [0.05, 0.1) is 4.47 Å². The summed E-state index contributed by atoms with van der Waals surface area (Å²) in [5, 5.41) is 1.19. The average molecular weight is 235 g/mol. The summed E-state index contributed by atoms with van der Waals surface area (Å²) in [4.78, 5) is 0. The van der Waals surface area contributed by atoms with E-state index in [1.165, 1.54) is 16.4 Å². The summed E-state index contributed by atoms with van der Waals surface area (Å²) in [5.41, 5.74) is 3.63. The molecule has 0 saturated carbocycles. The molecular formula is C11H7BrO. The number of halogens is 1. The number of hydrogen-bond acceptors (Lipinski definition) is 1. The van der Waals surface area contributed by atoms with E-state index < -0.39 is 0 Å². The summed E-state index contributed by atoms with van der Waals surface area (Å²) in [5.74, 6) is 0. The standard InChI is InChI=1S/C11H7BrO/c12-10-6-13-11-8-4-2-1-3-7(8)5-9(10)11/h1-3,5-6H,4H2. The van der Waals surface area contributed by atoms with Crippen LogP contribution >= 0.6 is 15.9 Å². The van der Waals surface area contributed by atoms with Crippen LogP contribution in [-0.2, 0) is 0 Å². The zero-order valence-corrected chi connectivity index (χ0v) is 8.47. The summed E-state index contributed by atoms with van der Waals surface area (Å²) in [6.45, 7) is 0. The van der Waals surface area contributed by atoms with E-state index in [1.807, 2.05) is 0 Å². The number of fused-ring (bicyclic) bond motifs is 2. The number of furan rings is 1. The molecule has 2 aliphatic carbocycles. The van der Waals surface area contributed by atoms with E-state index in [2.05, 4.69) is 40.2 Å². The highest BCUT2D eigenvalue weighted by Gasteiger charge is 2.15. The maximum atomic E-state index is 5.49. The second kappa shape index (κ2) is 2.48. The van der Waals surface area contributed by atoms with Crippen LogP contribution in [0.15, 0.2) is 39.0 Å². The lowest BCUT2D eigenvalue weighted by Crippen LogP contribution is -2.18. The fourth-order valence-corrected chi connectivity index (χ4v) is 2.19. The van der Waals surface area contributed by atoms with Crippen molar-refractivity contribution in [2.24, 2.45) is 0 Å². The van der Waals surface area contributed by atoms with Crippen molar-refractivity contribution in [3.05, 3.63) is 45.2 Å². The molecule has 1 aromatic rings. The third-order valence-corrected chi connectivity index (χ3v) is 3.05. The molecule has 0 amide bonds. The Labute approximate surface area is 83.9 Å². The van der Waals surface area contributed by atoms with Gasteiger partial charge in [-0.25, -0.2) is 0 Å². The van der Waals surface area contributed by atoms with Gasteiger partial charge in [-0.05, 0) is 34.0 Å². The normalized spacial score (nSPS) is 17.9. The zero-order chi connectivity index (χ0) is 8.84. The topological polar surface area (TPSA) is 13.1 Å². The molecule has 2 heteroatoms. The monoisotopic (exact) mass is 234 g/mol. The summed E-state index contributed by atoms with van der Waals surface area (Å²) in [7, 11) is 0. The first-order chi connectivity index (χ1) is 6.36. The van der Waals surface area contributed by atoms with Crippen LogP contribution in [0.3, 0.4) is 0 Å². The van der Waals surface area contributed by atoms with Crippen LogP contribution in [0.1, 0.15) is 6.42 Å². The lowest BCUT2D eigenvalue weighted by atomic mass is 10.0. The Kier molecular flexibility index (Phi) is 1.41. The van der Waals surface area contributed by atoms with Crippen molar-refractivity contribution >= 4 is 27.6 Å². The van der Waals surface area contributed by atoms with E-state index in [1.54, 1.807) is 6.26 Å². The molecule has 0 unspecified atom stereocenters. The Hall–Kier alpha value is -1.02. The van der Waals surface area contributed by atoms with Crippen LogP contribution in [0.4, 0.5) is 0 Å². The molecule has 3 rings (SSSR count). The average Bonchev–Trinajstić information content (AvgIpc) is 2.67. The molecule has 1 aromatic heterocycles. The van der Waals surface area contributed by atoms with Gasteiger partial charge in [0, 0.05) is 10.8 Å². The lowest BCUT2D eigenvalue weighted by Gasteiger charge is -2.03. The van der Waals surface area contributed by atoms with E-state index in [0.717, 1.165) is 16.3 Å². The molecule has 1 nitrogen and oxygen atoms in total. The smallest absolute Gasteiger partial charge is 0.139 e. The first kappa shape index (κ1) is 7.39. The lowest BCUT2D eigenvalue weighted by molar-refractivity contribution is 0.527. The van der Waals surface area contributed by atoms with Crippen LogP contribution in [0.5, 0.6) is 0 Å². The van der Waals surface area contributed by atoms with E-state index in [9.17, 15) is 0 Å². The minimum Gasteiger partial charge on any atom is -0.463 e. The van der Waals surface area contributed by atoms with Gasteiger partial charge in [-0.15, -0.1) is 0 Å². The van der Waals surface area contributed by atoms with Gasteiger partial charge in [-0.2, -0.15) is 0 Å². The molecule has 0 saturated heterocycles. The van der Waals surface area contributed by atoms with Crippen LogP contribution in [0, 0.1) is 0 Å². The van der Waals surface area contributed by atoms with Crippen molar-refractivity contribution in [2.75, 3.05) is 0 Å². The molecule has 13 heavy (non-hydrogen) atoms. The third kappa shape index (κ3) is 0.923. The Morgan fingerprint density at radius 2 is 2.31 bits per heavy atom. The van der Waals surface area contributed by atoms with Gasteiger partial charge < -0.3 is 4.42 Å². The molecule has 0 fully saturated rings. The number of allylic oxidation sites excluding steroid dienone is 4. The van der Waals surface area contributed by atoms with Gasteiger partial charge in [0.2, 0.25) is 0 Å². The van der Waals surface area contributed by atoms with E-state index in [4.69, 9.17) is 4.42 Å². The first-order valence-electron chi connectivity index (χ1n) is 4.21. The second-order valence-electron chi connectivity index (χ2n) is 3.20. The molecule has 0 atom stereocenters. The summed E-state index contributed by atoms with van der Waals surface area (Å²) < 4.78 is 6.53. The van der Waals surface area contributed by atoms with Gasteiger partial charge in [0.15, 0.2) is 0 Å². The Bertz CT molecular complexity index is 543. The van der Waals surface area contributed by atoms with Crippen molar-refractivity contribution in [1.29, 1.82) is 0 Å². The quantitative estimate of drug-likeness (QED) is 0.669. The maximum absolute atomic E-state index is 5.49. The van der Waals surface area contributed by atoms with Crippen molar-refractivity contribution in [2.45, 2.75) is 6.42 Å². The first-order valence-corrected chi connectivity index (χ1v) is 5.00. The van der Waals surface area contributed by atoms with E-state index >= 15 is 0 Å². The molecule has 0 spiro atoms. The van der Waals surface area contributed by atoms with Crippen molar-refractivity contribution in [3.8, 4) is 0 Å². The largest absolute Gasteiger partial charge is 0.463 e. The molecule has 1 heterocycles. The Balaban J connectivity index is 2.46. The highest BCUT2D eigenvalue weighted by Crippen LogP contribution is 2.23. The minimum atomic E-state index is 0.981. The highest BCUT2D eigenvalue weighted by atomic mass is 79.9. The molecule has 0 aliphatic heterocycles. The fraction of sp³-hybridized carbons (Fsp3) is 0.0909. The second-order valence-corrected chi connectivity index (χ2v) is 4.06. The highest BCUT2D eigenvalue weighted by molar-refractivity contribution is 9.10. The Morgan fingerprint density at radius 3 is 3.23 bits per heavy atom. The van der Waals surface area contributed by atoms with Gasteiger partial charge in [-0.1, -0.05) is 18.2 Å². The van der Waals surface area contributed by atoms with Gasteiger partial charge in [-0.3, -0.25) is 0 Å². The zero-order valence-electron chi connectivity index (χ0n) is 6.88. The van der Waals surface area contributed by atoms with Crippen LogP contribution < -0.4 is 10.6 Å². The summed E-state index contributed by atoms with van der Waals surface area (Å²) in [6, 6.07) is 0. The molecule has 0 radical (unpaired) electrons. The SMILES string of the molecule is Brc1coc2c1=CC1=CC=CCC=21. The van der Waals surface area contributed by atoms with Crippen molar-refractivity contribution < 1.29 is 4.42 Å². The van der Waals surface area contributed by atoms with Gasteiger partial charge >= 0.3 is 0 Å².